The van der Waals surface area contributed by atoms with Crippen LogP contribution in [0.25, 0.3) is 0 Å². The quantitative estimate of drug-likeness (QED) is 0.788. The molecule has 0 saturated carbocycles. The van der Waals surface area contributed by atoms with Crippen LogP contribution in [0.5, 0.6) is 0 Å². The molecule has 1 aromatic rings. The molecular weight excluding hydrogens is 235 g/mol. The van der Waals surface area contributed by atoms with E-state index in [9.17, 15) is 4.39 Å². The molecule has 1 heterocycles. The maximum Gasteiger partial charge on any atom is 0.143 e. The zero-order valence-electron chi connectivity index (χ0n) is 8.09. The van der Waals surface area contributed by atoms with Crippen molar-refractivity contribution in [3.05, 3.63) is 23.0 Å². The summed E-state index contributed by atoms with van der Waals surface area (Å²) >= 11 is 7.51. The number of nitrogens with one attached hydrogen (secondary N) is 1. The molecule has 1 aliphatic rings. The van der Waals surface area contributed by atoms with E-state index >= 15 is 0 Å². The fourth-order valence-electron chi connectivity index (χ4n) is 1.56. The SMILES string of the molecule is Nc1cc(Cl)c(F)cc1NC1CCSC1. The van der Waals surface area contributed by atoms with Gasteiger partial charge in [0, 0.05) is 17.9 Å². The van der Waals surface area contributed by atoms with Crippen molar-refractivity contribution >= 4 is 34.7 Å². The Morgan fingerprint density at radius 3 is 3.00 bits per heavy atom. The van der Waals surface area contributed by atoms with Crippen LogP contribution in [0.3, 0.4) is 0 Å². The predicted molar refractivity (Wildman–Crippen MR) is 65.2 cm³/mol. The number of hydrogen-bond acceptors (Lipinski definition) is 3. The molecule has 0 aliphatic carbocycles. The Morgan fingerprint density at radius 1 is 1.53 bits per heavy atom. The third-order valence-corrected chi connectivity index (χ3v) is 3.83. The lowest BCUT2D eigenvalue weighted by Gasteiger charge is -2.15. The molecule has 0 aromatic heterocycles. The van der Waals surface area contributed by atoms with Crippen molar-refractivity contribution in [3.63, 3.8) is 0 Å². The number of halogens is 2. The van der Waals surface area contributed by atoms with Gasteiger partial charge >= 0.3 is 0 Å². The van der Waals surface area contributed by atoms with E-state index in [0.717, 1.165) is 17.9 Å². The summed E-state index contributed by atoms with van der Waals surface area (Å²) in [4.78, 5) is 0. The van der Waals surface area contributed by atoms with Gasteiger partial charge in [0.2, 0.25) is 0 Å². The smallest absolute Gasteiger partial charge is 0.143 e. The van der Waals surface area contributed by atoms with Crippen molar-refractivity contribution < 1.29 is 4.39 Å². The fourth-order valence-corrected chi connectivity index (χ4v) is 2.88. The first-order valence-electron chi connectivity index (χ1n) is 4.75. The lowest BCUT2D eigenvalue weighted by molar-refractivity contribution is 0.628. The van der Waals surface area contributed by atoms with Gasteiger partial charge in [-0.1, -0.05) is 11.6 Å². The molecule has 0 spiro atoms. The lowest BCUT2D eigenvalue weighted by atomic mass is 10.2. The van der Waals surface area contributed by atoms with E-state index in [1.165, 1.54) is 12.1 Å². The molecule has 82 valence electrons. The summed E-state index contributed by atoms with van der Waals surface area (Å²) in [6.07, 6.45) is 1.09. The summed E-state index contributed by atoms with van der Waals surface area (Å²) in [6, 6.07) is 3.19. The van der Waals surface area contributed by atoms with Gasteiger partial charge in [-0.25, -0.2) is 4.39 Å². The molecule has 1 atom stereocenters. The van der Waals surface area contributed by atoms with Crippen LogP contribution in [0.15, 0.2) is 12.1 Å². The minimum Gasteiger partial charge on any atom is -0.397 e. The van der Waals surface area contributed by atoms with Crippen LogP contribution in [0.1, 0.15) is 6.42 Å². The Morgan fingerprint density at radius 2 is 2.33 bits per heavy atom. The van der Waals surface area contributed by atoms with Gasteiger partial charge in [0.25, 0.3) is 0 Å². The van der Waals surface area contributed by atoms with Crippen LogP contribution >= 0.6 is 23.4 Å². The Hall–Kier alpha value is -0.610. The maximum atomic E-state index is 13.2. The highest BCUT2D eigenvalue weighted by Gasteiger charge is 2.16. The number of nitrogens with two attached hydrogens (primary N) is 1. The average Bonchev–Trinajstić information content (AvgIpc) is 2.67. The fraction of sp³-hybridized carbons (Fsp3) is 0.400. The Balaban J connectivity index is 2.16. The molecule has 1 fully saturated rings. The second kappa shape index (κ2) is 4.49. The first kappa shape index (κ1) is 10.9. The molecule has 1 saturated heterocycles. The second-order valence-corrected chi connectivity index (χ2v) is 5.12. The van der Waals surface area contributed by atoms with E-state index in [0.29, 0.717) is 17.4 Å². The van der Waals surface area contributed by atoms with E-state index in [1.54, 1.807) is 0 Å². The van der Waals surface area contributed by atoms with Gasteiger partial charge in [-0.15, -0.1) is 0 Å². The van der Waals surface area contributed by atoms with Gasteiger partial charge in [0.1, 0.15) is 5.82 Å². The largest absolute Gasteiger partial charge is 0.397 e. The van der Waals surface area contributed by atoms with Crippen molar-refractivity contribution in [1.82, 2.24) is 0 Å². The number of nitrogen functional groups attached to an aromatic ring is 1. The molecule has 0 amide bonds. The minimum absolute atomic E-state index is 0.0684. The highest BCUT2D eigenvalue weighted by molar-refractivity contribution is 7.99. The number of benzene rings is 1. The lowest BCUT2D eigenvalue weighted by Crippen LogP contribution is -2.19. The number of hydrogen-bond donors (Lipinski definition) is 2. The number of rotatable bonds is 2. The first-order chi connectivity index (χ1) is 7.16. The number of thioether (sulfide) groups is 1. The predicted octanol–water partition coefficient (Wildman–Crippen LogP) is 2.98. The van der Waals surface area contributed by atoms with E-state index in [-0.39, 0.29) is 5.02 Å². The Labute approximate surface area is 97.4 Å². The van der Waals surface area contributed by atoms with Gasteiger partial charge < -0.3 is 11.1 Å². The summed E-state index contributed by atoms with van der Waals surface area (Å²) in [6.45, 7) is 0. The zero-order valence-corrected chi connectivity index (χ0v) is 9.67. The van der Waals surface area contributed by atoms with Crippen LogP contribution in [-0.4, -0.2) is 17.5 Å². The van der Waals surface area contributed by atoms with Crippen molar-refractivity contribution in [2.24, 2.45) is 0 Å². The van der Waals surface area contributed by atoms with Gasteiger partial charge in [-0.2, -0.15) is 11.8 Å². The van der Waals surface area contributed by atoms with E-state index in [4.69, 9.17) is 17.3 Å². The second-order valence-electron chi connectivity index (χ2n) is 3.56. The minimum atomic E-state index is -0.431. The van der Waals surface area contributed by atoms with Crippen LogP contribution in [0, 0.1) is 5.82 Å². The first-order valence-corrected chi connectivity index (χ1v) is 6.29. The molecule has 1 aromatic carbocycles. The monoisotopic (exact) mass is 246 g/mol. The summed E-state index contributed by atoms with van der Waals surface area (Å²) in [5.74, 6) is 1.76. The Bertz CT molecular complexity index is 367. The van der Waals surface area contributed by atoms with Gasteiger partial charge in [-0.05, 0) is 18.2 Å². The van der Waals surface area contributed by atoms with Crippen molar-refractivity contribution in [1.29, 1.82) is 0 Å². The van der Waals surface area contributed by atoms with Crippen LogP contribution in [0.2, 0.25) is 5.02 Å². The van der Waals surface area contributed by atoms with Crippen LogP contribution in [0.4, 0.5) is 15.8 Å². The standard InChI is InChI=1S/C10H12ClFN2S/c11-7-3-9(13)10(4-8(7)12)14-6-1-2-15-5-6/h3-4,6,14H,1-2,5,13H2. The summed E-state index contributed by atoms with van der Waals surface area (Å²) in [7, 11) is 0. The molecule has 0 radical (unpaired) electrons. The zero-order chi connectivity index (χ0) is 10.8. The van der Waals surface area contributed by atoms with Crippen molar-refractivity contribution in [2.75, 3.05) is 22.6 Å². The highest BCUT2D eigenvalue weighted by Crippen LogP contribution is 2.29. The summed E-state index contributed by atoms with van der Waals surface area (Å²) < 4.78 is 13.2. The molecule has 5 heteroatoms. The topological polar surface area (TPSA) is 38.0 Å². The van der Waals surface area contributed by atoms with Crippen molar-refractivity contribution in [2.45, 2.75) is 12.5 Å². The van der Waals surface area contributed by atoms with Crippen LogP contribution in [-0.2, 0) is 0 Å². The van der Waals surface area contributed by atoms with Gasteiger partial charge in [0.05, 0.1) is 16.4 Å². The third kappa shape index (κ3) is 2.49. The maximum absolute atomic E-state index is 13.2. The van der Waals surface area contributed by atoms with Crippen molar-refractivity contribution in [3.8, 4) is 0 Å². The molecule has 1 aliphatic heterocycles. The normalized spacial score (nSPS) is 20.5. The molecule has 1 unspecified atom stereocenters. The Kier molecular flexibility index (Phi) is 3.26. The summed E-state index contributed by atoms with van der Waals surface area (Å²) in [5, 5.41) is 3.30. The molecule has 2 nitrogen and oxygen atoms in total. The average molecular weight is 247 g/mol. The molecule has 2 rings (SSSR count). The van der Waals surface area contributed by atoms with Gasteiger partial charge in [0.15, 0.2) is 0 Å². The summed E-state index contributed by atoms with van der Waals surface area (Å²) in [5.41, 5.74) is 6.89. The van der Waals surface area contributed by atoms with Gasteiger partial charge in [-0.3, -0.25) is 0 Å². The van der Waals surface area contributed by atoms with Crippen LogP contribution < -0.4 is 11.1 Å². The van der Waals surface area contributed by atoms with E-state index < -0.39 is 5.82 Å². The molecular formula is C10H12ClFN2S. The molecule has 0 bridgehead atoms. The molecule has 15 heavy (non-hydrogen) atoms. The highest BCUT2D eigenvalue weighted by atomic mass is 35.5. The molecule has 3 N–H and O–H groups in total. The van der Waals surface area contributed by atoms with E-state index in [1.807, 2.05) is 11.8 Å². The third-order valence-electron chi connectivity index (χ3n) is 2.38. The number of anilines is 2. The van der Waals surface area contributed by atoms with E-state index in [2.05, 4.69) is 5.32 Å².